The summed E-state index contributed by atoms with van der Waals surface area (Å²) in [5.41, 5.74) is 5.31. The Bertz CT molecular complexity index is 1590. The molecule has 42 heavy (non-hydrogen) atoms. The molecule has 0 aliphatic heterocycles. The van der Waals surface area contributed by atoms with Crippen LogP contribution < -0.4 is 0 Å². The number of hydrogen-bond acceptors (Lipinski definition) is 4. The second kappa shape index (κ2) is 13.0. The van der Waals surface area contributed by atoms with Gasteiger partial charge in [-0.25, -0.2) is 4.98 Å². The van der Waals surface area contributed by atoms with E-state index >= 15 is 0 Å². The van der Waals surface area contributed by atoms with Gasteiger partial charge in [-0.3, -0.25) is 4.79 Å². The molecule has 0 spiro atoms. The first kappa shape index (κ1) is 30.3. The highest BCUT2D eigenvalue weighted by atomic mass is 35.5. The topological polar surface area (TPSA) is 70.4 Å². The van der Waals surface area contributed by atoms with Crippen molar-refractivity contribution in [1.29, 1.82) is 0 Å². The molecule has 218 valence electrons. The van der Waals surface area contributed by atoms with Gasteiger partial charge in [-0.1, -0.05) is 78.3 Å². The maximum atomic E-state index is 11.5. The van der Waals surface area contributed by atoms with E-state index in [1.165, 1.54) is 11.1 Å². The number of benzene rings is 3. The van der Waals surface area contributed by atoms with Crippen molar-refractivity contribution in [3.05, 3.63) is 112 Å². The number of rotatable bonds is 13. The summed E-state index contributed by atoms with van der Waals surface area (Å²) in [6.07, 6.45) is 9.18. The Morgan fingerprint density at radius 2 is 1.83 bits per heavy atom. The molecule has 1 saturated carbocycles. The standard InChI is InChI=1S/C36H38ClNO3S/c1-35(2,41)31-11-4-3-8-26(31)9-6-12-33(42-24-36(19-20-36)23-34(39)40)28-10-5-7-25(21-28)13-17-30-18-15-27-14-16-29(37)22-32(27)38-30/h3-5,7-8,10-11,13-18,21-22,33,41H,6,9,12,19-20,23-24H2,1-2H3,(H,39,40)/t33-/m1/s1. The Hall–Kier alpha value is -3.12. The zero-order chi connectivity index (χ0) is 29.7. The number of carboxylic acid groups (broad SMARTS) is 1. The van der Waals surface area contributed by atoms with Gasteiger partial charge in [0, 0.05) is 21.4 Å². The lowest BCUT2D eigenvalue weighted by Crippen LogP contribution is -2.18. The first-order valence-electron chi connectivity index (χ1n) is 14.6. The minimum atomic E-state index is -0.882. The maximum Gasteiger partial charge on any atom is 0.303 e. The van der Waals surface area contributed by atoms with Crippen LogP contribution in [0.15, 0.2) is 78.9 Å². The molecular formula is C36H38ClNO3S. The molecule has 4 nitrogen and oxygen atoms in total. The Balaban J connectivity index is 1.33. The summed E-state index contributed by atoms with van der Waals surface area (Å²) < 4.78 is 0. The fourth-order valence-electron chi connectivity index (χ4n) is 5.55. The van der Waals surface area contributed by atoms with Crippen LogP contribution in [0.25, 0.3) is 23.1 Å². The summed E-state index contributed by atoms with van der Waals surface area (Å²) in [7, 11) is 0. The van der Waals surface area contributed by atoms with Gasteiger partial charge in [-0.15, -0.1) is 0 Å². The number of pyridine rings is 1. The monoisotopic (exact) mass is 599 g/mol. The highest BCUT2D eigenvalue weighted by Gasteiger charge is 2.44. The van der Waals surface area contributed by atoms with Gasteiger partial charge in [0.2, 0.25) is 0 Å². The van der Waals surface area contributed by atoms with Gasteiger partial charge in [0.25, 0.3) is 0 Å². The van der Waals surface area contributed by atoms with Crippen LogP contribution in [-0.2, 0) is 16.8 Å². The smallest absolute Gasteiger partial charge is 0.303 e. The van der Waals surface area contributed by atoms with Crippen LogP contribution in [0.1, 0.15) is 79.1 Å². The van der Waals surface area contributed by atoms with Gasteiger partial charge < -0.3 is 10.2 Å². The highest BCUT2D eigenvalue weighted by Crippen LogP contribution is 2.53. The van der Waals surface area contributed by atoms with E-state index in [1.54, 1.807) is 0 Å². The molecule has 0 unspecified atom stereocenters. The van der Waals surface area contributed by atoms with Gasteiger partial charge in [0.15, 0.2) is 0 Å². The number of carboxylic acids is 1. The first-order chi connectivity index (χ1) is 20.1. The SMILES string of the molecule is CC(C)(O)c1ccccc1CCC[C@@H](SCC1(CC(=O)O)CC1)c1cccc(C=Cc2ccc3ccc(Cl)cc3n2)c1. The number of fused-ring (bicyclic) bond motifs is 1. The first-order valence-corrected chi connectivity index (χ1v) is 16.0. The minimum Gasteiger partial charge on any atom is -0.481 e. The fourth-order valence-corrected chi connectivity index (χ4v) is 7.33. The summed E-state index contributed by atoms with van der Waals surface area (Å²) in [5, 5.41) is 22.1. The molecule has 2 N–H and O–H groups in total. The van der Waals surface area contributed by atoms with Crippen molar-refractivity contribution in [3.8, 4) is 0 Å². The Morgan fingerprint density at radius 1 is 1.05 bits per heavy atom. The molecule has 0 saturated heterocycles. The fraction of sp³-hybridized carbons (Fsp3) is 0.333. The quantitative estimate of drug-likeness (QED) is 0.160. The van der Waals surface area contributed by atoms with Gasteiger partial charge in [0.1, 0.15) is 0 Å². The molecule has 1 fully saturated rings. The molecule has 5 rings (SSSR count). The van der Waals surface area contributed by atoms with E-state index in [1.807, 2.05) is 74.1 Å². The summed E-state index contributed by atoms with van der Waals surface area (Å²) in [5.74, 6) is 0.151. The van der Waals surface area contributed by atoms with Crippen LogP contribution in [0.2, 0.25) is 5.02 Å². The number of aliphatic hydroxyl groups is 1. The molecule has 3 aromatic carbocycles. The lowest BCUT2D eigenvalue weighted by atomic mass is 9.90. The van der Waals surface area contributed by atoms with Crippen molar-refractivity contribution in [2.75, 3.05) is 5.75 Å². The Labute approximate surface area is 257 Å². The van der Waals surface area contributed by atoms with Crippen LogP contribution in [0.3, 0.4) is 0 Å². The third-order valence-corrected chi connectivity index (χ3v) is 9.99. The average Bonchev–Trinajstić information content (AvgIpc) is 3.71. The summed E-state index contributed by atoms with van der Waals surface area (Å²) in [4.78, 5) is 16.2. The summed E-state index contributed by atoms with van der Waals surface area (Å²) >= 11 is 8.07. The summed E-state index contributed by atoms with van der Waals surface area (Å²) in [6.45, 7) is 3.67. The van der Waals surface area contributed by atoms with E-state index in [0.717, 1.165) is 65.6 Å². The zero-order valence-electron chi connectivity index (χ0n) is 24.2. The third kappa shape index (κ3) is 8.03. The van der Waals surface area contributed by atoms with Crippen molar-refractivity contribution < 1.29 is 15.0 Å². The molecular weight excluding hydrogens is 562 g/mol. The normalized spacial score (nSPS) is 15.2. The van der Waals surface area contributed by atoms with Crippen molar-refractivity contribution in [2.45, 2.75) is 63.2 Å². The number of aliphatic carboxylic acids is 1. The molecule has 6 heteroatoms. The molecule has 0 amide bonds. The van der Waals surface area contributed by atoms with E-state index in [2.05, 4.69) is 42.5 Å². The van der Waals surface area contributed by atoms with E-state index < -0.39 is 11.6 Å². The molecule has 4 aromatic rings. The van der Waals surface area contributed by atoms with Gasteiger partial charge in [-0.05, 0) is 97.9 Å². The maximum absolute atomic E-state index is 11.5. The zero-order valence-corrected chi connectivity index (χ0v) is 25.8. The van der Waals surface area contributed by atoms with E-state index in [0.29, 0.717) is 5.02 Å². The number of nitrogens with zero attached hydrogens (tertiary/aromatic N) is 1. The second-order valence-electron chi connectivity index (χ2n) is 12.1. The number of thioether (sulfide) groups is 1. The Morgan fingerprint density at radius 3 is 2.60 bits per heavy atom. The van der Waals surface area contributed by atoms with Crippen LogP contribution in [0.4, 0.5) is 0 Å². The molecule has 1 heterocycles. The molecule has 1 aliphatic rings. The molecule has 1 atom stereocenters. The number of aryl methyl sites for hydroxylation is 1. The number of halogens is 1. The van der Waals surface area contributed by atoms with E-state index in [9.17, 15) is 15.0 Å². The molecule has 1 aliphatic carbocycles. The number of aromatic nitrogens is 1. The summed E-state index contributed by atoms with van der Waals surface area (Å²) in [6, 6.07) is 26.6. The average molecular weight is 600 g/mol. The van der Waals surface area contributed by atoms with Gasteiger partial charge >= 0.3 is 5.97 Å². The van der Waals surface area contributed by atoms with Crippen LogP contribution >= 0.6 is 23.4 Å². The van der Waals surface area contributed by atoms with E-state index in [-0.39, 0.29) is 17.1 Å². The lowest BCUT2D eigenvalue weighted by Gasteiger charge is -2.23. The largest absolute Gasteiger partial charge is 0.481 e. The lowest BCUT2D eigenvalue weighted by molar-refractivity contribution is -0.138. The number of carbonyl (C=O) groups is 1. The predicted molar refractivity (Wildman–Crippen MR) is 176 cm³/mol. The molecule has 1 aromatic heterocycles. The van der Waals surface area contributed by atoms with Crippen molar-refractivity contribution in [3.63, 3.8) is 0 Å². The van der Waals surface area contributed by atoms with E-state index in [4.69, 9.17) is 16.6 Å². The minimum absolute atomic E-state index is 0.0651. The Kier molecular flexibility index (Phi) is 9.41. The second-order valence-corrected chi connectivity index (χ2v) is 13.7. The number of hydrogen-bond donors (Lipinski definition) is 2. The molecule has 0 radical (unpaired) electrons. The third-order valence-electron chi connectivity index (χ3n) is 8.07. The molecule has 0 bridgehead atoms. The van der Waals surface area contributed by atoms with Crippen molar-refractivity contribution >= 4 is 52.4 Å². The predicted octanol–water partition coefficient (Wildman–Crippen LogP) is 9.34. The van der Waals surface area contributed by atoms with Crippen molar-refractivity contribution in [1.82, 2.24) is 4.98 Å². The van der Waals surface area contributed by atoms with Crippen LogP contribution in [0, 0.1) is 5.41 Å². The van der Waals surface area contributed by atoms with Crippen molar-refractivity contribution in [2.24, 2.45) is 5.41 Å². The van der Waals surface area contributed by atoms with Crippen LogP contribution in [0.5, 0.6) is 0 Å². The van der Waals surface area contributed by atoms with Gasteiger partial charge in [-0.2, -0.15) is 11.8 Å². The highest BCUT2D eigenvalue weighted by molar-refractivity contribution is 7.99. The van der Waals surface area contributed by atoms with Crippen LogP contribution in [-0.4, -0.2) is 26.9 Å². The van der Waals surface area contributed by atoms with Gasteiger partial charge in [0.05, 0.1) is 23.2 Å².